The summed E-state index contributed by atoms with van der Waals surface area (Å²) in [6.45, 7) is 2.02. The second kappa shape index (κ2) is 5.84. The van der Waals surface area contributed by atoms with Gasteiger partial charge in [-0.3, -0.25) is 9.59 Å². The summed E-state index contributed by atoms with van der Waals surface area (Å²) in [7, 11) is 0. The topological polar surface area (TPSA) is 78.4 Å². The molecule has 1 unspecified atom stereocenters. The van der Waals surface area contributed by atoms with Crippen LogP contribution in [-0.2, 0) is 11.2 Å². The number of benzene rings is 1. The normalized spacial score (nSPS) is 14.7. The second-order valence-electron chi connectivity index (χ2n) is 4.69. The summed E-state index contributed by atoms with van der Waals surface area (Å²) < 4.78 is 0. The van der Waals surface area contributed by atoms with Crippen LogP contribution in [0.25, 0.3) is 0 Å². The molecule has 0 aliphatic carbocycles. The van der Waals surface area contributed by atoms with Crippen molar-refractivity contribution in [2.24, 2.45) is 0 Å². The zero-order valence-corrected chi connectivity index (χ0v) is 10.9. The third-order valence-corrected chi connectivity index (χ3v) is 3.30. The highest BCUT2D eigenvalue weighted by Crippen LogP contribution is 2.23. The number of nitrogens with one attached hydrogen (secondary N) is 2. The van der Waals surface area contributed by atoms with Crippen LogP contribution < -0.4 is 10.6 Å². The van der Waals surface area contributed by atoms with Crippen LogP contribution in [-0.4, -0.2) is 29.6 Å². The molecule has 0 bridgehead atoms. The summed E-state index contributed by atoms with van der Waals surface area (Å²) in [5.74, 6) is -0.207. The van der Waals surface area contributed by atoms with Crippen molar-refractivity contribution in [2.45, 2.75) is 32.2 Å². The van der Waals surface area contributed by atoms with Crippen LogP contribution >= 0.6 is 0 Å². The molecule has 0 radical (unpaired) electrons. The average molecular weight is 262 g/mol. The van der Waals surface area contributed by atoms with E-state index in [1.807, 2.05) is 6.92 Å². The molecule has 1 atom stereocenters. The second-order valence-corrected chi connectivity index (χ2v) is 4.69. The molecule has 2 rings (SSSR count). The van der Waals surface area contributed by atoms with E-state index in [2.05, 4.69) is 10.6 Å². The van der Waals surface area contributed by atoms with E-state index in [4.69, 9.17) is 5.11 Å². The standard InChI is InChI=1S/C14H18N2O3/c1-2-11(5-6-17)15-14(19)9-3-4-12-10(7-9)8-13(18)16-12/h3-4,7,11,17H,2,5-6,8H2,1H3,(H,15,19)(H,16,18). The van der Waals surface area contributed by atoms with E-state index in [1.165, 1.54) is 0 Å². The lowest BCUT2D eigenvalue weighted by Crippen LogP contribution is -2.35. The lowest BCUT2D eigenvalue weighted by atomic mass is 10.1. The Bertz CT molecular complexity index is 499. The molecule has 3 N–H and O–H groups in total. The van der Waals surface area contributed by atoms with E-state index < -0.39 is 0 Å². The van der Waals surface area contributed by atoms with Crippen LogP contribution in [0.1, 0.15) is 35.7 Å². The van der Waals surface area contributed by atoms with Gasteiger partial charge in [0.15, 0.2) is 0 Å². The monoisotopic (exact) mass is 262 g/mol. The number of fused-ring (bicyclic) bond motifs is 1. The first-order valence-corrected chi connectivity index (χ1v) is 6.48. The largest absolute Gasteiger partial charge is 0.396 e. The molecule has 1 heterocycles. The molecule has 2 amide bonds. The van der Waals surface area contributed by atoms with E-state index in [0.717, 1.165) is 17.7 Å². The predicted octanol–water partition coefficient (Wildman–Crippen LogP) is 1.07. The zero-order chi connectivity index (χ0) is 13.8. The summed E-state index contributed by atoms with van der Waals surface area (Å²) in [5.41, 5.74) is 2.18. The Kier molecular flexibility index (Phi) is 4.16. The Morgan fingerprint density at radius 2 is 2.32 bits per heavy atom. The number of rotatable bonds is 5. The Morgan fingerprint density at radius 3 is 3.00 bits per heavy atom. The molecule has 0 saturated carbocycles. The molecule has 1 aliphatic heterocycles. The molecule has 102 valence electrons. The number of anilines is 1. The number of aliphatic hydroxyl groups excluding tert-OH is 1. The van der Waals surface area contributed by atoms with E-state index in [9.17, 15) is 9.59 Å². The summed E-state index contributed by atoms with van der Waals surface area (Å²) in [6, 6.07) is 5.17. The number of carbonyl (C=O) groups is 2. The molecule has 19 heavy (non-hydrogen) atoms. The predicted molar refractivity (Wildman–Crippen MR) is 72.0 cm³/mol. The minimum Gasteiger partial charge on any atom is -0.396 e. The summed E-state index contributed by atoms with van der Waals surface area (Å²) in [4.78, 5) is 23.3. The van der Waals surface area contributed by atoms with Crippen molar-refractivity contribution in [3.05, 3.63) is 29.3 Å². The molecule has 0 spiro atoms. The van der Waals surface area contributed by atoms with Crippen LogP contribution in [0.15, 0.2) is 18.2 Å². The molecular formula is C14H18N2O3. The maximum Gasteiger partial charge on any atom is 0.251 e. The molecule has 1 aromatic rings. The van der Waals surface area contributed by atoms with Gasteiger partial charge in [-0.25, -0.2) is 0 Å². The van der Waals surface area contributed by atoms with Crippen LogP contribution in [0.2, 0.25) is 0 Å². The zero-order valence-electron chi connectivity index (χ0n) is 10.9. The van der Waals surface area contributed by atoms with Gasteiger partial charge in [0.25, 0.3) is 5.91 Å². The minimum atomic E-state index is -0.164. The first-order chi connectivity index (χ1) is 9.13. The number of aliphatic hydroxyl groups is 1. The van der Waals surface area contributed by atoms with Gasteiger partial charge in [0.1, 0.15) is 0 Å². The van der Waals surface area contributed by atoms with Crippen LogP contribution in [0.3, 0.4) is 0 Å². The van der Waals surface area contributed by atoms with Crippen LogP contribution in [0, 0.1) is 0 Å². The van der Waals surface area contributed by atoms with E-state index in [-0.39, 0.29) is 24.5 Å². The first kappa shape index (κ1) is 13.5. The maximum atomic E-state index is 12.1. The Balaban J connectivity index is 2.08. The molecule has 1 aliphatic rings. The molecule has 0 aromatic heterocycles. The van der Waals surface area contributed by atoms with Gasteiger partial charge in [0, 0.05) is 23.9 Å². The Morgan fingerprint density at radius 1 is 1.53 bits per heavy atom. The highest BCUT2D eigenvalue weighted by atomic mass is 16.3. The minimum absolute atomic E-state index is 0.0227. The molecule has 5 nitrogen and oxygen atoms in total. The van der Waals surface area contributed by atoms with Crippen molar-refractivity contribution in [3.63, 3.8) is 0 Å². The van der Waals surface area contributed by atoms with Gasteiger partial charge in [-0.15, -0.1) is 0 Å². The fourth-order valence-corrected chi connectivity index (χ4v) is 2.17. The number of carbonyl (C=O) groups excluding carboxylic acids is 2. The summed E-state index contributed by atoms with van der Waals surface area (Å²) in [6.07, 6.45) is 1.65. The van der Waals surface area contributed by atoms with Crippen molar-refractivity contribution in [3.8, 4) is 0 Å². The highest BCUT2D eigenvalue weighted by Gasteiger charge is 2.19. The smallest absolute Gasteiger partial charge is 0.251 e. The van der Waals surface area contributed by atoms with Crippen molar-refractivity contribution in [1.82, 2.24) is 5.32 Å². The highest BCUT2D eigenvalue weighted by molar-refractivity contribution is 6.01. The van der Waals surface area contributed by atoms with Crippen molar-refractivity contribution in [1.29, 1.82) is 0 Å². The lowest BCUT2D eigenvalue weighted by Gasteiger charge is -2.16. The van der Waals surface area contributed by atoms with Crippen molar-refractivity contribution < 1.29 is 14.7 Å². The SMILES string of the molecule is CCC(CCO)NC(=O)c1ccc2c(c1)CC(=O)N2. The first-order valence-electron chi connectivity index (χ1n) is 6.48. The third-order valence-electron chi connectivity index (χ3n) is 3.30. The number of hydrogen-bond donors (Lipinski definition) is 3. The van der Waals surface area contributed by atoms with E-state index in [1.54, 1.807) is 18.2 Å². The molecule has 1 aromatic carbocycles. The van der Waals surface area contributed by atoms with Gasteiger partial charge in [-0.05, 0) is 36.6 Å². The van der Waals surface area contributed by atoms with Crippen molar-refractivity contribution >= 4 is 17.5 Å². The van der Waals surface area contributed by atoms with E-state index >= 15 is 0 Å². The van der Waals surface area contributed by atoms with E-state index in [0.29, 0.717) is 18.4 Å². The van der Waals surface area contributed by atoms with Gasteiger partial charge >= 0.3 is 0 Å². The molecule has 5 heteroatoms. The third kappa shape index (κ3) is 3.12. The Hall–Kier alpha value is -1.88. The Labute approximate surface area is 112 Å². The van der Waals surface area contributed by atoms with Gasteiger partial charge in [0.05, 0.1) is 6.42 Å². The lowest BCUT2D eigenvalue weighted by molar-refractivity contribution is -0.115. The molecular weight excluding hydrogens is 244 g/mol. The van der Waals surface area contributed by atoms with Crippen molar-refractivity contribution in [2.75, 3.05) is 11.9 Å². The van der Waals surface area contributed by atoms with Gasteiger partial charge in [-0.1, -0.05) is 6.92 Å². The summed E-state index contributed by atoms with van der Waals surface area (Å²) >= 11 is 0. The number of amides is 2. The van der Waals surface area contributed by atoms with Crippen LogP contribution in [0.4, 0.5) is 5.69 Å². The molecule has 0 saturated heterocycles. The van der Waals surface area contributed by atoms with Gasteiger partial charge in [-0.2, -0.15) is 0 Å². The van der Waals surface area contributed by atoms with Crippen LogP contribution in [0.5, 0.6) is 0 Å². The quantitative estimate of drug-likeness (QED) is 0.742. The maximum absolute atomic E-state index is 12.1. The number of hydrogen-bond acceptors (Lipinski definition) is 3. The average Bonchev–Trinajstić information content (AvgIpc) is 2.76. The summed E-state index contributed by atoms with van der Waals surface area (Å²) in [5, 5.41) is 14.5. The fraction of sp³-hybridized carbons (Fsp3) is 0.429. The fourth-order valence-electron chi connectivity index (χ4n) is 2.17. The van der Waals surface area contributed by atoms with Gasteiger partial charge in [0.2, 0.25) is 5.91 Å². The molecule has 0 fully saturated rings. The van der Waals surface area contributed by atoms with Gasteiger partial charge < -0.3 is 15.7 Å².